The average Bonchev–Trinajstić information content (AvgIpc) is 3.38. The van der Waals surface area contributed by atoms with E-state index in [0.29, 0.717) is 22.9 Å². The number of fused-ring (bicyclic) bond motifs is 1. The number of esters is 2. The monoisotopic (exact) mass is 505 g/mol. The summed E-state index contributed by atoms with van der Waals surface area (Å²) in [4.78, 5) is 65.8. The fourth-order valence-corrected chi connectivity index (χ4v) is 4.49. The molecule has 13 heteroatoms. The second-order valence-corrected chi connectivity index (χ2v) is 9.12. The Balaban J connectivity index is 1.69. The maximum absolute atomic E-state index is 12.5. The minimum absolute atomic E-state index is 0.0614. The molecule has 0 unspecified atom stereocenters. The maximum atomic E-state index is 12.5. The normalized spacial score (nSPS) is 11.1. The molecule has 0 saturated heterocycles. The van der Waals surface area contributed by atoms with E-state index in [1.54, 1.807) is 12.3 Å². The molecule has 3 rings (SSSR count). The largest absolute Gasteiger partial charge is 0.462 e. The number of amides is 1. The summed E-state index contributed by atoms with van der Waals surface area (Å²) < 4.78 is 13.5. The first-order chi connectivity index (χ1) is 16.5. The molecule has 0 aliphatic rings. The summed E-state index contributed by atoms with van der Waals surface area (Å²) in [6, 6.07) is 0. The van der Waals surface area contributed by atoms with Gasteiger partial charge in [0.25, 0.3) is 11.5 Å². The molecule has 0 aromatic carbocycles. The number of aromatic nitrogens is 4. The number of hydrogen-bond donors (Lipinski definition) is 1. The first-order valence-corrected chi connectivity index (χ1v) is 11.8. The van der Waals surface area contributed by atoms with Crippen molar-refractivity contribution in [3.05, 3.63) is 43.7 Å². The zero-order valence-corrected chi connectivity index (χ0v) is 20.9. The number of nitrogens with one attached hydrogen (secondary N) is 1. The SMILES string of the molecule is CCOC(=O)c1c(CC(C)C)csc1NC(=O)COC(=O)Cn1cnc2c1c(=O)n(C)c(=O)n2C. The number of carbonyl (C=O) groups is 3. The molecule has 0 aliphatic carbocycles. The second kappa shape index (κ2) is 10.7. The lowest BCUT2D eigenvalue weighted by atomic mass is 10.0. The highest BCUT2D eigenvalue weighted by atomic mass is 32.1. The van der Waals surface area contributed by atoms with Crippen LogP contribution in [0.15, 0.2) is 21.3 Å². The standard InChI is InChI=1S/C22H27N5O7S/c1-6-33-21(31)16-13(7-12(2)3)10-35-19(16)24-14(28)9-34-15(29)8-27-11-23-18-17(27)20(30)26(5)22(32)25(18)4/h10-12H,6-9H2,1-5H3,(H,24,28). The van der Waals surface area contributed by atoms with E-state index in [-0.39, 0.29) is 24.3 Å². The molecule has 1 amide bonds. The maximum Gasteiger partial charge on any atom is 0.341 e. The van der Waals surface area contributed by atoms with Crippen molar-refractivity contribution >= 4 is 45.3 Å². The van der Waals surface area contributed by atoms with E-state index in [2.05, 4.69) is 10.3 Å². The van der Waals surface area contributed by atoms with Gasteiger partial charge in [0.15, 0.2) is 17.8 Å². The van der Waals surface area contributed by atoms with E-state index in [4.69, 9.17) is 9.47 Å². The Labute approximate surface area is 204 Å². The average molecular weight is 506 g/mol. The topological polar surface area (TPSA) is 144 Å². The summed E-state index contributed by atoms with van der Waals surface area (Å²) in [5.41, 5.74) is 0.124. The van der Waals surface area contributed by atoms with Crippen LogP contribution in [0.25, 0.3) is 11.2 Å². The third-order valence-corrected chi connectivity index (χ3v) is 6.05. The molecule has 3 aromatic heterocycles. The number of imidazole rings is 1. The Hall–Kier alpha value is -3.74. The predicted octanol–water partition coefficient (Wildman–Crippen LogP) is 1.05. The van der Waals surface area contributed by atoms with Crippen molar-refractivity contribution in [3.8, 4) is 0 Å². The van der Waals surface area contributed by atoms with Crippen LogP contribution in [0.1, 0.15) is 36.7 Å². The zero-order chi connectivity index (χ0) is 25.9. The summed E-state index contributed by atoms with van der Waals surface area (Å²) in [6.07, 6.45) is 1.89. The van der Waals surface area contributed by atoms with Crippen molar-refractivity contribution in [1.29, 1.82) is 0 Å². The van der Waals surface area contributed by atoms with Gasteiger partial charge < -0.3 is 19.4 Å². The van der Waals surface area contributed by atoms with Gasteiger partial charge in [-0.05, 0) is 30.2 Å². The van der Waals surface area contributed by atoms with Crippen LogP contribution < -0.4 is 16.6 Å². The Morgan fingerprint density at radius 1 is 1.14 bits per heavy atom. The molecule has 3 heterocycles. The number of ether oxygens (including phenoxy) is 2. The van der Waals surface area contributed by atoms with Crippen LogP contribution in [0.3, 0.4) is 0 Å². The molecule has 35 heavy (non-hydrogen) atoms. The fraction of sp³-hybridized carbons (Fsp3) is 0.455. The number of nitrogens with zero attached hydrogens (tertiary/aromatic N) is 4. The number of rotatable bonds is 9. The van der Waals surface area contributed by atoms with Crippen molar-refractivity contribution in [2.45, 2.75) is 33.7 Å². The van der Waals surface area contributed by atoms with Crippen molar-refractivity contribution in [1.82, 2.24) is 18.7 Å². The van der Waals surface area contributed by atoms with Gasteiger partial charge >= 0.3 is 17.6 Å². The number of aryl methyl sites for hydroxylation is 1. The molecule has 0 fully saturated rings. The van der Waals surface area contributed by atoms with Crippen LogP contribution in [0.2, 0.25) is 0 Å². The van der Waals surface area contributed by atoms with E-state index in [0.717, 1.165) is 10.1 Å². The molecule has 188 valence electrons. The van der Waals surface area contributed by atoms with Crippen LogP contribution in [0.5, 0.6) is 0 Å². The number of anilines is 1. The van der Waals surface area contributed by atoms with E-state index < -0.39 is 35.7 Å². The number of carbonyl (C=O) groups excluding carboxylic acids is 3. The minimum Gasteiger partial charge on any atom is -0.462 e. The van der Waals surface area contributed by atoms with E-state index >= 15 is 0 Å². The number of hydrogen-bond acceptors (Lipinski definition) is 9. The van der Waals surface area contributed by atoms with E-state index in [1.807, 2.05) is 13.8 Å². The molecule has 0 radical (unpaired) electrons. The van der Waals surface area contributed by atoms with Crippen LogP contribution in [0, 0.1) is 5.92 Å². The molecule has 0 saturated carbocycles. The molecular weight excluding hydrogens is 478 g/mol. The van der Waals surface area contributed by atoms with Gasteiger partial charge in [0.1, 0.15) is 11.5 Å². The van der Waals surface area contributed by atoms with E-state index in [1.165, 1.54) is 40.9 Å². The highest BCUT2D eigenvalue weighted by molar-refractivity contribution is 7.15. The second-order valence-electron chi connectivity index (χ2n) is 8.24. The summed E-state index contributed by atoms with van der Waals surface area (Å²) >= 11 is 1.19. The summed E-state index contributed by atoms with van der Waals surface area (Å²) in [5, 5.41) is 4.73. The van der Waals surface area contributed by atoms with Gasteiger partial charge in [0.05, 0.1) is 18.5 Å². The van der Waals surface area contributed by atoms with E-state index in [9.17, 15) is 24.0 Å². The van der Waals surface area contributed by atoms with Gasteiger partial charge in [-0.15, -0.1) is 11.3 Å². The lowest BCUT2D eigenvalue weighted by Gasteiger charge is -2.10. The molecule has 0 bridgehead atoms. The Bertz CT molecular complexity index is 1400. The summed E-state index contributed by atoms with van der Waals surface area (Å²) in [6.45, 7) is 4.95. The van der Waals surface area contributed by atoms with Crippen molar-refractivity contribution in [3.63, 3.8) is 0 Å². The van der Waals surface area contributed by atoms with Crippen LogP contribution >= 0.6 is 11.3 Å². The fourth-order valence-electron chi connectivity index (χ4n) is 3.51. The predicted molar refractivity (Wildman–Crippen MR) is 129 cm³/mol. The van der Waals surface area contributed by atoms with Crippen molar-refractivity contribution in [2.75, 3.05) is 18.5 Å². The van der Waals surface area contributed by atoms with Gasteiger partial charge in [0, 0.05) is 14.1 Å². The first kappa shape index (κ1) is 25.9. The lowest BCUT2D eigenvalue weighted by Crippen LogP contribution is -2.37. The molecule has 1 N–H and O–H groups in total. The lowest BCUT2D eigenvalue weighted by molar-refractivity contribution is -0.147. The summed E-state index contributed by atoms with van der Waals surface area (Å²) in [5.74, 6) is -1.65. The van der Waals surface area contributed by atoms with Crippen molar-refractivity contribution in [2.24, 2.45) is 20.0 Å². The third kappa shape index (κ3) is 5.50. The molecule has 0 spiro atoms. The molecular formula is C22H27N5O7S. The Morgan fingerprint density at radius 2 is 1.86 bits per heavy atom. The van der Waals surface area contributed by atoms with Crippen LogP contribution in [-0.4, -0.2) is 49.7 Å². The third-order valence-electron chi connectivity index (χ3n) is 5.11. The molecule has 12 nitrogen and oxygen atoms in total. The molecule has 0 aliphatic heterocycles. The van der Waals surface area contributed by atoms with Crippen LogP contribution in [-0.2, 0) is 46.1 Å². The molecule has 0 atom stereocenters. The van der Waals surface area contributed by atoms with Gasteiger partial charge in [0.2, 0.25) is 0 Å². The molecule has 3 aromatic rings. The van der Waals surface area contributed by atoms with Crippen molar-refractivity contribution < 1.29 is 23.9 Å². The van der Waals surface area contributed by atoms with Gasteiger partial charge in [-0.1, -0.05) is 13.8 Å². The van der Waals surface area contributed by atoms with Crippen LogP contribution in [0.4, 0.5) is 5.00 Å². The summed E-state index contributed by atoms with van der Waals surface area (Å²) in [7, 11) is 2.79. The highest BCUT2D eigenvalue weighted by Gasteiger charge is 2.23. The Kier molecular flexibility index (Phi) is 7.89. The quantitative estimate of drug-likeness (QED) is 0.425. The first-order valence-electron chi connectivity index (χ1n) is 10.9. The number of thiophene rings is 1. The van der Waals surface area contributed by atoms with Gasteiger partial charge in [-0.25, -0.2) is 14.6 Å². The van der Waals surface area contributed by atoms with Gasteiger partial charge in [-0.3, -0.25) is 23.5 Å². The smallest absolute Gasteiger partial charge is 0.341 e. The van der Waals surface area contributed by atoms with Gasteiger partial charge in [-0.2, -0.15) is 0 Å². The Morgan fingerprint density at radius 3 is 2.51 bits per heavy atom. The highest BCUT2D eigenvalue weighted by Crippen LogP contribution is 2.31. The minimum atomic E-state index is -0.785. The zero-order valence-electron chi connectivity index (χ0n) is 20.1.